The van der Waals surface area contributed by atoms with Crippen molar-refractivity contribution >= 4 is 17.5 Å². The van der Waals surface area contributed by atoms with Gasteiger partial charge in [0.05, 0.1) is 0 Å². The normalized spacial score (nSPS) is 12.7. The van der Waals surface area contributed by atoms with E-state index < -0.39 is 0 Å². The molecular formula is C19H28OS. The zero-order valence-electron chi connectivity index (χ0n) is 13.4. The van der Waals surface area contributed by atoms with E-state index in [0.717, 1.165) is 6.42 Å². The van der Waals surface area contributed by atoms with E-state index in [-0.39, 0.29) is 5.78 Å². The molecule has 116 valence electrons. The Bertz CT molecular complexity index is 411. The quantitative estimate of drug-likeness (QED) is 0.281. The molecule has 0 aromatic heterocycles. The van der Waals surface area contributed by atoms with Crippen molar-refractivity contribution in [2.24, 2.45) is 0 Å². The summed E-state index contributed by atoms with van der Waals surface area (Å²) in [5.41, 5.74) is 0. The summed E-state index contributed by atoms with van der Waals surface area (Å²) in [5, 5.41) is 0.405. The smallest absolute Gasteiger partial charge is 0.152 e. The van der Waals surface area contributed by atoms with Crippen molar-refractivity contribution in [3.8, 4) is 0 Å². The summed E-state index contributed by atoms with van der Waals surface area (Å²) >= 11 is 1.86. The Kier molecular flexibility index (Phi) is 9.98. The van der Waals surface area contributed by atoms with Gasteiger partial charge in [-0.3, -0.25) is 4.79 Å². The number of hydrogen-bond donors (Lipinski definition) is 0. The van der Waals surface area contributed by atoms with Crippen molar-refractivity contribution in [1.82, 2.24) is 0 Å². The highest BCUT2D eigenvalue weighted by atomic mass is 32.2. The van der Waals surface area contributed by atoms with Crippen LogP contribution in [0.25, 0.3) is 0 Å². The maximum atomic E-state index is 11.2. The van der Waals surface area contributed by atoms with Gasteiger partial charge in [-0.2, -0.15) is 0 Å². The van der Waals surface area contributed by atoms with E-state index >= 15 is 0 Å². The molecule has 1 nitrogen and oxygen atoms in total. The third-order valence-electron chi connectivity index (χ3n) is 3.42. The molecule has 0 spiro atoms. The van der Waals surface area contributed by atoms with Gasteiger partial charge in [0, 0.05) is 10.1 Å². The van der Waals surface area contributed by atoms with Crippen LogP contribution in [0.2, 0.25) is 0 Å². The second-order valence-corrected chi connectivity index (χ2v) is 6.81. The topological polar surface area (TPSA) is 17.1 Å². The van der Waals surface area contributed by atoms with Crippen LogP contribution in [0.1, 0.15) is 58.8 Å². The molecule has 0 radical (unpaired) electrons. The van der Waals surface area contributed by atoms with Crippen LogP contribution in [-0.2, 0) is 4.79 Å². The lowest BCUT2D eigenvalue weighted by Gasteiger charge is -2.12. The standard InChI is InChI=1S/C19H28OS/c1-3-4-5-6-7-9-14-19(16-15-17(2)20)21-18-12-10-8-11-13-18/h8,10-13,15-16,19H,3-7,9,14H2,1-2H3/b16-15+. The second kappa shape index (κ2) is 11.6. The lowest BCUT2D eigenvalue weighted by molar-refractivity contribution is -0.112. The number of rotatable bonds is 11. The molecule has 0 amide bonds. The molecule has 1 aromatic rings. The molecule has 2 heteroatoms. The SMILES string of the molecule is CCCCCCCCC(/C=C/C(C)=O)Sc1ccccc1. The van der Waals surface area contributed by atoms with Crippen LogP contribution >= 0.6 is 11.8 Å². The summed E-state index contributed by atoms with van der Waals surface area (Å²) in [6, 6.07) is 10.5. The third-order valence-corrected chi connectivity index (χ3v) is 4.66. The van der Waals surface area contributed by atoms with Gasteiger partial charge in [0.15, 0.2) is 5.78 Å². The average Bonchev–Trinajstić information content (AvgIpc) is 2.49. The van der Waals surface area contributed by atoms with Gasteiger partial charge in [-0.05, 0) is 31.6 Å². The molecule has 1 rings (SSSR count). The number of allylic oxidation sites excluding steroid dienone is 1. The van der Waals surface area contributed by atoms with Crippen LogP contribution in [0.4, 0.5) is 0 Å². The first kappa shape index (κ1) is 18.0. The summed E-state index contributed by atoms with van der Waals surface area (Å²) < 4.78 is 0. The van der Waals surface area contributed by atoms with Gasteiger partial charge in [0.2, 0.25) is 0 Å². The van der Waals surface area contributed by atoms with Crippen LogP contribution < -0.4 is 0 Å². The molecule has 0 N–H and O–H groups in total. The van der Waals surface area contributed by atoms with Crippen molar-refractivity contribution in [3.05, 3.63) is 42.5 Å². The van der Waals surface area contributed by atoms with Crippen molar-refractivity contribution in [2.75, 3.05) is 0 Å². The first-order valence-electron chi connectivity index (χ1n) is 8.13. The van der Waals surface area contributed by atoms with Gasteiger partial charge >= 0.3 is 0 Å². The van der Waals surface area contributed by atoms with Gasteiger partial charge < -0.3 is 0 Å². The van der Waals surface area contributed by atoms with Gasteiger partial charge in [0.1, 0.15) is 0 Å². The van der Waals surface area contributed by atoms with E-state index in [1.807, 2.05) is 17.8 Å². The summed E-state index contributed by atoms with van der Waals surface area (Å²) in [6.07, 6.45) is 12.8. The van der Waals surface area contributed by atoms with Crippen molar-refractivity contribution in [2.45, 2.75) is 68.9 Å². The van der Waals surface area contributed by atoms with Crippen molar-refractivity contribution in [3.63, 3.8) is 0 Å². The van der Waals surface area contributed by atoms with E-state index in [2.05, 4.69) is 37.3 Å². The molecule has 1 atom stereocenters. The Labute approximate surface area is 134 Å². The number of hydrogen-bond acceptors (Lipinski definition) is 2. The lowest BCUT2D eigenvalue weighted by Crippen LogP contribution is -1.99. The largest absolute Gasteiger partial charge is 0.295 e. The first-order valence-corrected chi connectivity index (χ1v) is 9.00. The van der Waals surface area contributed by atoms with Crippen molar-refractivity contribution in [1.29, 1.82) is 0 Å². The molecular weight excluding hydrogens is 276 g/mol. The fourth-order valence-electron chi connectivity index (χ4n) is 2.24. The minimum absolute atomic E-state index is 0.136. The highest BCUT2D eigenvalue weighted by molar-refractivity contribution is 8.00. The highest BCUT2D eigenvalue weighted by Gasteiger charge is 2.07. The fourth-order valence-corrected chi connectivity index (χ4v) is 3.34. The average molecular weight is 304 g/mol. The Morgan fingerprint density at radius 1 is 1.10 bits per heavy atom. The van der Waals surface area contributed by atoms with E-state index in [1.165, 1.54) is 43.4 Å². The molecule has 0 aliphatic rings. The summed E-state index contributed by atoms with van der Waals surface area (Å²) in [7, 11) is 0. The predicted octanol–water partition coefficient (Wildman–Crippen LogP) is 6.04. The molecule has 0 fully saturated rings. The van der Waals surface area contributed by atoms with Crippen LogP contribution in [0.5, 0.6) is 0 Å². The highest BCUT2D eigenvalue weighted by Crippen LogP contribution is 2.27. The van der Waals surface area contributed by atoms with Crippen LogP contribution in [0.15, 0.2) is 47.4 Å². The maximum Gasteiger partial charge on any atom is 0.152 e. The number of carbonyl (C=O) groups is 1. The van der Waals surface area contributed by atoms with Gasteiger partial charge in [-0.15, -0.1) is 11.8 Å². The molecule has 0 aliphatic carbocycles. The Balaban J connectivity index is 2.39. The van der Waals surface area contributed by atoms with Gasteiger partial charge in [-0.1, -0.05) is 69.7 Å². The summed E-state index contributed by atoms with van der Waals surface area (Å²) in [4.78, 5) is 12.4. The zero-order valence-corrected chi connectivity index (χ0v) is 14.2. The number of carbonyl (C=O) groups excluding carboxylic acids is 1. The first-order chi connectivity index (χ1) is 10.2. The molecule has 0 saturated heterocycles. The summed E-state index contributed by atoms with van der Waals surface area (Å²) in [5.74, 6) is 0.136. The minimum atomic E-state index is 0.136. The lowest BCUT2D eigenvalue weighted by atomic mass is 10.1. The van der Waals surface area contributed by atoms with E-state index in [4.69, 9.17) is 0 Å². The Morgan fingerprint density at radius 3 is 2.43 bits per heavy atom. The second-order valence-electron chi connectivity index (χ2n) is 5.50. The van der Waals surface area contributed by atoms with E-state index in [0.29, 0.717) is 5.25 Å². The predicted molar refractivity (Wildman–Crippen MR) is 93.9 cm³/mol. The summed E-state index contributed by atoms with van der Waals surface area (Å²) in [6.45, 7) is 3.87. The molecule has 0 bridgehead atoms. The van der Waals surface area contributed by atoms with Crippen LogP contribution in [0, 0.1) is 0 Å². The number of unbranched alkanes of at least 4 members (excludes halogenated alkanes) is 5. The van der Waals surface area contributed by atoms with Crippen LogP contribution in [-0.4, -0.2) is 11.0 Å². The molecule has 0 heterocycles. The van der Waals surface area contributed by atoms with E-state index in [1.54, 1.807) is 13.0 Å². The molecule has 1 unspecified atom stereocenters. The molecule has 21 heavy (non-hydrogen) atoms. The molecule has 0 aliphatic heterocycles. The third kappa shape index (κ3) is 9.52. The number of thioether (sulfide) groups is 1. The maximum absolute atomic E-state index is 11.2. The monoisotopic (exact) mass is 304 g/mol. The van der Waals surface area contributed by atoms with Gasteiger partial charge in [-0.25, -0.2) is 0 Å². The Hall–Kier alpha value is -1.02. The minimum Gasteiger partial charge on any atom is -0.295 e. The van der Waals surface area contributed by atoms with Gasteiger partial charge in [0.25, 0.3) is 0 Å². The molecule has 1 aromatic carbocycles. The Morgan fingerprint density at radius 2 is 1.76 bits per heavy atom. The van der Waals surface area contributed by atoms with Crippen molar-refractivity contribution < 1.29 is 4.79 Å². The van der Waals surface area contributed by atoms with E-state index in [9.17, 15) is 4.79 Å². The fraction of sp³-hybridized carbons (Fsp3) is 0.526. The zero-order chi connectivity index (χ0) is 15.3. The molecule has 0 saturated carbocycles. The van der Waals surface area contributed by atoms with Crippen LogP contribution in [0.3, 0.4) is 0 Å². The number of benzene rings is 1. The number of ketones is 1.